The number of hydrogen-bond acceptors (Lipinski definition) is 10. The quantitative estimate of drug-likeness (QED) is 0.174. The lowest BCUT2D eigenvalue weighted by atomic mass is 9.60. The Kier molecular flexibility index (Phi) is 12.6. The lowest BCUT2D eigenvalue weighted by molar-refractivity contribution is -0.234. The van der Waals surface area contributed by atoms with Gasteiger partial charge in [0.05, 0.1) is 29.8 Å². The van der Waals surface area contributed by atoms with Crippen LogP contribution in [0.25, 0.3) is 0 Å². The monoisotopic (exact) mass is 775 g/mol. The van der Waals surface area contributed by atoms with Crippen LogP contribution in [0.3, 0.4) is 0 Å². The molecule has 0 aliphatic carbocycles. The molecule has 0 bridgehead atoms. The largest absolute Gasteiger partial charge is 0.458 e. The van der Waals surface area contributed by atoms with Crippen LogP contribution in [0.4, 0.5) is 4.79 Å². The van der Waals surface area contributed by atoms with Gasteiger partial charge in [0.2, 0.25) is 3.79 Å². The fraction of sp³-hybridized carbons (Fsp3) is 0.829. The van der Waals surface area contributed by atoms with Crippen molar-refractivity contribution in [2.24, 2.45) is 40.9 Å². The average molecular weight is 776 g/mol. The molecule has 1 N–H and O–H groups in total. The molecule has 0 aromatic rings. The maximum absolute atomic E-state index is 14.3. The number of cyclic esters (lactones) is 1. The number of esters is 1. The van der Waals surface area contributed by atoms with E-state index in [1.54, 1.807) is 57.2 Å². The first-order valence-electron chi connectivity index (χ1n) is 16.6. The van der Waals surface area contributed by atoms with Gasteiger partial charge in [0, 0.05) is 61.0 Å². The van der Waals surface area contributed by atoms with E-state index in [1.165, 1.54) is 19.1 Å². The molecule has 3 saturated heterocycles. The van der Waals surface area contributed by atoms with E-state index in [-0.39, 0.29) is 29.1 Å². The number of hydrogen-bond donors (Lipinski definition) is 1. The molecule has 12 heteroatoms. The highest BCUT2D eigenvalue weighted by Gasteiger charge is 2.61. The predicted molar refractivity (Wildman–Crippen MR) is 182 cm³/mol. The van der Waals surface area contributed by atoms with Crippen LogP contribution in [-0.4, -0.2) is 94.3 Å². The summed E-state index contributed by atoms with van der Waals surface area (Å²) in [5.74, 6) is -1.60. The number of aliphatic hydroxyl groups is 1. The molecular weight excluding hydrogens is 721 g/mol. The van der Waals surface area contributed by atoms with Gasteiger partial charge >= 0.3 is 12.1 Å². The van der Waals surface area contributed by atoms with Gasteiger partial charge in [-0.1, -0.05) is 47.5 Å². The van der Waals surface area contributed by atoms with Gasteiger partial charge in [-0.25, -0.2) is 4.79 Å². The molecule has 3 heterocycles. The Morgan fingerprint density at radius 1 is 1.09 bits per heavy atom. The molecule has 1 unspecified atom stereocenters. The van der Waals surface area contributed by atoms with Gasteiger partial charge in [-0.2, -0.15) is 0 Å². The highest BCUT2D eigenvalue weighted by atomic mass is 127. The van der Waals surface area contributed by atoms with Crippen molar-refractivity contribution in [3.8, 4) is 12.3 Å². The zero-order valence-electron chi connectivity index (χ0n) is 29.7. The van der Waals surface area contributed by atoms with Gasteiger partial charge in [-0.3, -0.25) is 19.3 Å². The van der Waals surface area contributed by atoms with Crippen molar-refractivity contribution >= 4 is 44.2 Å². The summed E-state index contributed by atoms with van der Waals surface area (Å²) in [6, 6.07) is -0.838. The normalized spacial score (nSPS) is 45.3. The lowest BCUT2D eigenvalue weighted by Crippen LogP contribution is -2.60. The first-order valence-corrected chi connectivity index (χ1v) is 17.7. The Bertz CT molecular complexity index is 1240. The molecule has 1 amide bonds. The zero-order valence-corrected chi connectivity index (χ0v) is 31.9. The molecule has 11 nitrogen and oxygen atoms in total. The minimum atomic E-state index is -1.40. The van der Waals surface area contributed by atoms with E-state index in [2.05, 4.69) is 5.92 Å². The highest BCUT2D eigenvalue weighted by Crippen LogP contribution is 2.50. The third-order valence-corrected chi connectivity index (χ3v) is 12.7. The molecule has 0 radical (unpaired) electrons. The number of halogens is 1. The van der Waals surface area contributed by atoms with E-state index in [1.807, 2.05) is 27.7 Å². The van der Waals surface area contributed by atoms with Crippen molar-refractivity contribution in [2.45, 2.75) is 123 Å². The Balaban J connectivity index is 2.27. The minimum Gasteiger partial charge on any atom is -0.458 e. The number of rotatable bonds is 6. The van der Waals surface area contributed by atoms with Crippen LogP contribution in [0.5, 0.6) is 0 Å². The summed E-state index contributed by atoms with van der Waals surface area (Å²) < 4.78 is 29.6. The molecule has 0 aromatic carbocycles. The van der Waals surface area contributed by atoms with E-state index >= 15 is 0 Å². The molecule has 0 saturated carbocycles. The molecule has 3 aliphatic heterocycles. The summed E-state index contributed by atoms with van der Waals surface area (Å²) in [5.41, 5.74) is -3.73. The standard InChI is InChI=1S/C35H54INO10/c1-13-25-34(10)28(37(17-43-11)32(42)47-34)21(6)27(38)18(3)15-35(14-2,31(36)41)22(7)19(4)26(20(5)30(40)46-25)24-16-33(9,44-12)29(39)23(8)45-24/h2,18-26,28-29,39H,13,15-17H2,1,3-12H3/t18-,19-,20-,21+,22-,23+,24?,25-,26+,28-,29+,33-,34-,35-/m1/s1. The fourth-order valence-electron chi connectivity index (χ4n) is 8.66. The van der Waals surface area contributed by atoms with Crippen LogP contribution in [0.15, 0.2) is 0 Å². The van der Waals surface area contributed by atoms with Crippen LogP contribution in [0.2, 0.25) is 0 Å². The summed E-state index contributed by atoms with van der Waals surface area (Å²) in [6.45, 7) is 16.1. The third-order valence-electron chi connectivity index (χ3n) is 11.7. The van der Waals surface area contributed by atoms with Gasteiger partial charge in [-0.05, 0) is 45.4 Å². The zero-order chi connectivity index (χ0) is 35.8. The first kappa shape index (κ1) is 39.6. The van der Waals surface area contributed by atoms with E-state index in [0.29, 0.717) is 6.42 Å². The summed E-state index contributed by atoms with van der Waals surface area (Å²) in [7, 11) is 2.98. The van der Waals surface area contributed by atoms with Gasteiger partial charge in [-0.15, -0.1) is 6.42 Å². The Morgan fingerprint density at radius 3 is 2.21 bits per heavy atom. The van der Waals surface area contributed by atoms with E-state index in [0.717, 1.165) is 0 Å². The van der Waals surface area contributed by atoms with Gasteiger partial charge in [0.25, 0.3) is 0 Å². The van der Waals surface area contributed by atoms with Gasteiger partial charge < -0.3 is 28.8 Å². The Hall–Kier alpha value is -1.79. The number of nitrogens with zero attached hydrogens (tertiary/aromatic N) is 1. The number of aliphatic hydroxyl groups excluding tert-OH is 1. The van der Waals surface area contributed by atoms with Crippen LogP contribution in [0, 0.1) is 53.3 Å². The maximum Gasteiger partial charge on any atom is 0.412 e. The van der Waals surface area contributed by atoms with Crippen molar-refractivity contribution in [1.82, 2.24) is 4.90 Å². The predicted octanol–water partition coefficient (Wildman–Crippen LogP) is 4.79. The van der Waals surface area contributed by atoms with E-state index in [9.17, 15) is 24.3 Å². The number of ketones is 1. The SMILES string of the molecule is C#C[C@@]1(C(=O)I)C[C@@H](C)C(=O)[C@H](C)[C@H]2N(COC)C(=O)O[C@]2(C)[C@@H](CC)OC(=O)[C@H](C)[C@@H](C2C[C@@](C)(OC)[C@@H](O)[C@H](C)O2)[C@H](C)[C@H]1C. The van der Waals surface area contributed by atoms with Gasteiger partial charge in [0.1, 0.15) is 30.1 Å². The fourth-order valence-corrected chi connectivity index (χ4v) is 9.53. The maximum atomic E-state index is 14.3. The van der Waals surface area contributed by atoms with Crippen LogP contribution in [-0.2, 0) is 38.1 Å². The first-order chi connectivity index (χ1) is 21.8. The molecule has 47 heavy (non-hydrogen) atoms. The van der Waals surface area contributed by atoms with Crippen molar-refractivity contribution in [2.75, 3.05) is 21.0 Å². The summed E-state index contributed by atoms with van der Waals surface area (Å²) in [4.78, 5) is 56.9. The number of terminal acetylenes is 1. The summed E-state index contributed by atoms with van der Waals surface area (Å²) in [6.07, 6.45) is 3.18. The van der Waals surface area contributed by atoms with Crippen LogP contribution >= 0.6 is 22.6 Å². The second kappa shape index (κ2) is 15.0. The molecule has 0 aromatic heterocycles. The minimum absolute atomic E-state index is 0.0711. The molecule has 3 fully saturated rings. The van der Waals surface area contributed by atoms with Crippen molar-refractivity contribution < 1.29 is 48.0 Å². The Labute approximate surface area is 293 Å². The highest BCUT2D eigenvalue weighted by molar-refractivity contribution is 14.1. The molecule has 266 valence electrons. The van der Waals surface area contributed by atoms with E-state index in [4.69, 9.17) is 30.1 Å². The number of amides is 1. The van der Waals surface area contributed by atoms with Crippen molar-refractivity contribution in [3.05, 3.63) is 0 Å². The average Bonchev–Trinajstić information content (AvgIpc) is 3.28. The van der Waals surface area contributed by atoms with Crippen LogP contribution < -0.4 is 0 Å². The number of Topliss-reactive ketones (excluding diaryl/α,β-unsaturated/α-hetero) is 1. The van der Waals surface area contributed by atoms with E-state index < -0.39 is 94.6 Å². The molecule has 3 aliphatic rings. The number of carbonyl (C=O) groups excluding carboxylic acids is 4. The lowest BCUT2D eigenvalue weighted by Gasteiger charge is -2.50. The second-order valence-corrected chi connectivity index (χ2v) is 15.4. The molecule has 0 spiro atoms. The second-order valence-electron chi connectivity index (χ2n) is 14.5. The number of ether oxygens (including phenoxy) is 5. The topological polar surface area (TPSA) is 138 Å². The van der Waals surface area contributed by atoms with Crippen molar-refractivity contribution in [1.29, 1.82) is 0 Å². The van der Waals surface area contributed by atoms with Gasteiger partial charge in [0.15, 0.2) is 5.60 Å². The smallest absolute Gasteiger partial charge is 0.412 e. The number of carbonyl (C=O) groups is 4. The number of methoxy groups -OCH3 is 2. The molecule has 14 atom stereocenters. The number of fused-ring (bicyclic) bond motifs is 1. The molecule has 3 rings (SSSR count). The third kappa shape index (κ3) is 6.98. The summed E-state index contributed by atoms with van der Waals surface area (Å²) in [5, 5.41) is 11.0. The summed E-state index contributed by atoms with van der Waals surface area (Å²) >= 11 is 1.73. The van der Waals surface area contributed by atoms with Crippen molar-refractivity contribution in [3.63, 3.8) is 0 Å². The van der Waals surface area contributed by atoms with Crippen LogP contribution in [0.1, 0.15) is 81.6 Å². The Morgan fingerprint density at radius 2 is 1.70 bits per heavy atom. The molecular formula is C35H54INO10.